The minimum Gasteiger partial charge on any atom is -0.497 e. The number of benzene rings is 1. The maximum Gasteiger partial charge on any atom is 0.227 e. The molecule has 2 aromatic rings. The second-order valence-electron chi connectivity index (χ2n) is 9.60. The van der Waals surface area contributed by atoms with Gasteiger partial charge in [0.25, 0.3) is 0 Å². The molecular weight excluding hydrogens is 420 g/mol. The number of aromatic nitrogens is 3. The first-order valence-electron chi connectivity index (χ1n) is 11.9. The number of rotatable bonds is 6. The summed E-state index contributed by atoms with van der Waals surface area (Å²) in [7, 11) is 1.66. The van der Waals surface area contributed by atoms with Gasteiger partial charge in [0, 0.05) is 37.2 Å². The Bertz CT molecular complexity index is 998. The average molecular weight is 453 g/mol. The van der Waals surface area contributed by atoms with Crippen LogP contribution in [-0.2, 0) is 16.1 Å². The second kappa shape index (κ2) is 9.13. The van der Waals surface area contributed by atoms with Gasteiger partial charge in [0.05, 0.1) is 25.8 Å². The average Bonchev–Trinajstić information content (AvgIpc) is 3.32. The van der Waals surface area contributed by atoms with Gasteiger partial charge in [-0.3, -0.25) is 19.2 Å². The number of piperidine rings is 4. The summed E-state index contributed by atoms with van der Waals surface area (Å²) in [5, 5.41) is 8.71. The highest BCUT2D eigenvalue weighted by atomic mass is 16.5. The van der Waals surface area contributed by atoms with Gasteiger partial charge >= 0.3 is 0 Å². The number of primary amides is 1. The van der Waals surface area contributed by atoms with Crippen molar-refractivity contribution in [1.82, 2.24) is 24.8 Å². The number of likely N-dealkylation sites (tertiary alicyclic amines) is 1. The van der Waals surface area contributed by atoms with Crippen LogP contribution in [0.4, 0.5) is 0 Å². The van der Waals surface area contributed by atoms with Crippen molar-refractivity contribution in [1.29, 1.82) is 0 Å². The normalized spacial score (nSPS) is 27.5. The first kappa shape index (κ1) is 21.9. The number of hydrogen-bond donors (Lipinski definition) is 1. The summed E-state index contributed by atoms with van der Waals surface area (Å²) in [6, 6.07) is 8.20. The molecule has 4 atom stereocenters. The fraction of sp³-hybridized carbons (Fsp3) is 0.583. The van der Waals surface area contributed by atoms with E-state index in [4.69, 9.17) is 10.5 Å². The Labute approximate surface area is 193 Å². The highest BCUT2D eigenvalue weighted by Crippen LogP contribution is 2.38. The van der Waals surface area contributed by atoms with Gasteiger partial charge in [0.15, 0.2) is 0 Å². The van der Waals surface area contributed by atoms with Gasteiger partial charge < -0.3 is 15.4 Å². The summed E-state index contributed by atoms with van der Waals surface area (Å²) in [4.78, 5) is 29.1. The van der Waals surface area contributed by atoms with Crippen LogP contribution >= 0.6 is 0 Å². The van der Waals surface area contributed by atoms with Crippen molar-refractivity contribution in [2.45, 2.75) is 38.3 Å². The molecule has 4 saturated heterocycles. The number of fused-ring (bicyclic) bond motifs is 3. The number of amides is 2. The van der Waals surface area contributed by atoms with Crippen molar-refractivity contribution in [3.8, 4) is 17.0 Å². The number of methoxy groups -OCH3 is 1. The highest BCUT2D eigenvalue weighted by molar-refractivity contribution is 5.81. The summed E-state index contributed by atoms with van der Waals surface area (Å²) < 4.78 is 7.15. The van der Waals surface area contributed by atoms with Crippen LogP contribution in [0.25, 0.3) is 11.3 Å². The smallest absolute Gasteiger partial charge is 0.227 e. The summed E-state index contributed by atoms with van der Waals surface area (Å²) >= 11 is 0. The van der Waals surface area contributed by atoms with E-state index in [9.17, 15) is 9.59 Å². The summed E-state index contributed by atoms with van der Waals surface area (Å²) in [6.07, 6.45) is 5.45. The van der Waals surface area contributed by atoms with Gasteiger partial charge in [-0.1, -0.05) is 5.21 Å². The molecular formula is C24H32N6O3. The molecule has 9 heteroatoms. The molecule has 9 nitrogen and oxygen atoms in total. The largest absolute Gasteiger partial charge is 0.497 e. The Balaban J connectivity index is 1.18. The Morgan fingerprint density at radius 2 is 1.88 bits per heavy atom. The standard InChI is InChI=1S/C24H32N6O3/c1-33-20-4-2-16(3-5-20)22-15-30(27-26-22)13-19-12-18-8-11-29(19)14-21(18)24(32)28-9-6-17(7-10-28)23(25)31/h2-5,15,17-19,21H,6-14H2,1H3,(H2,25,31)/t18?,19-,21+/m1/s1. The molecule has 1 aromatic heterocycles. The number of hydrogen-bond acceptors (Lipinski definition) is 6. The first-order valence-corrected chi connectivity index (χ1v) is 11.9. The predicted octanol–water partition coefficient (Wildman–Crippen LogP) is 1.39. The predicted molar refractivity (Wildman–Crippen MR) is 122 cm³/mol. The van der Waals surface area contributed by atoms with Crippen LogP contribution < -0.4 is 10.5 Å². The van der Waals surface area contributed by atoms with Crippen LogP contribution in [0.2, 0.25) is 0 Å². The van der Waals surface area contributed by atoms with Crippen LogP contribution in [-0.4, -0.2) is 75.9 Å². The van der Waals surface area contributed by atoms with E-state index in [1.54, 1.807) is 7.11 Å². The van der Waals surface area contributed by atoms with E-state index in [1.165, 1.54) is 0 Å². The molecule has 4 aliphatic rings. The molecule has 0 saturated carbocycles. The van der Waals surface area contributed by atoms with E-state index < -0.39 is 0 Å². The molecule has 5 heterocycles. The zero-order valence-corrected chi connectivity index (χ0v) is 19.1. The monoisotopic (exact) mass is 452 g/mol. The Morgan fingerprint density at radius 1 is 1.12 bits per heavy atom. The summed E-state index contributed by atoms with van der Waals surface area (Å²) in [5.41, 5.74) is 7.30. The number of carbonyl (C=O) groups excluding carboxylic acids is 2. The third-order valence-electron chi connectivity index (χ3n) is 7.73. The molecule has 0 aliphatic carbocycles. The fourth-order valence-corrected chi connectivity index (χ4v) is 5.72. The van der Waals surface area contributed by atoms with E-state index in [1.807, 2.05) is 40.0 Å². The van der Waals surface area contributed by atoms with Gasteiger partial charge in [-0.15, -0.1) is 5.10 Å². The van der Waals surface area contributed by atoms with Gasteiger partial charge in [0.1, 0.15) is 11.4 Å². The maximum atomic E-state index is 13.2. The molecule has 2 unspecified atom stereocenters. The fourth-order valence-electron chi connectivity index (χ4n) is 5.72. The van der Waals surface area contributed by atoms with Crippen LogP contribution in [0.15, 0.2) is 30.5 Å². The minimum absolute atomic E-state index is 0.0609. The Kier molecular flexibility index (Phi) is 6.05. The quantitative estimate of drug-likeness (QED) is 0.710. The Hall–Kier alpha value is -2.94. The van der Waals surface area contributed by atoms with Gasteiger partial charge in [-0.2, -0.15) is 0 Å². The molecule has 4 fully saturated rings. The number of nitrogens with two attached hydrogens (primary N) is 1. The van der Waals surface area contributed by atoms with Gasteiger partial charge in [-0.05, 0) is 62.4 Å². The molecule has 33 heavy (non-hydrogen) atoms. The lowest BCUT2D eigenvalue weighted by Crippen LogP contribution is -2.59. The first-order chi connectivity index (χ1) is 16.0. The highest BCUT2D eigenvalue weighted by Gasteiger charge is 2.45. The molecule has 4 aliphatic heterocycles. The van der Waals surface area contributed by atoms with Crippen molar-refractivity contribution >= 4 is 11.8 Å². The van der Waals surface area contributed by atoms with Crippen molar-refractivity contribution in [3.63, 3.8) is 0 Å². The SMILES string of the molecule is COc1ccc(-c2cn(C[C@H]3CC4CCN3C[C@@H]4C(=O)N3CCC(C(N)=O)CC3)nn2)cc1. The number of ether oxygens (including phenoxy) is 1. The van der Waals surface area contributed by atoms with Crippen molar-refractivity contribution in [3.05, 3.63) is 30.5 Å². The van der Waals surface area contributed by atoms with E-state index in [2.05, 4.69) is 15.2 Å². The van der Waals surface area contributed by atoms with Crippen molar-refractivity contribution in [2.75, 3.05) is 33.3 Å². The van der Waals surface area contributed by atoms with E-state index >= 15 is 0 Å². The molecule has 2 N–H and O–H groups in total. The second-order valence-corrected chi connectivity index (χ2v) is 9.60. The van der Waals surface area contributed by atoms with Crippen LogP contribution in [0.1, 0.15) is 25.7 Å². The molecule has 6 rings (SSSR count). The third kappa shape index (κ3) is 4.46. The molecule has 0 radical (unpaired) electrons. The molecule has 0 spiro atoms. The van der Waals surface area contributed by atoms with Gasteiger partial charge in [-0.25, -0.2) is 0 Å². The van der Waals surface area contributed by atoms with Crippen LogP contribution in [0, 0.1) is 17.8 Å². The summed E-state index contributed by atoms with van der Waals surface area (Å²) in [6.45, 7) is 3.91. The topological polar surface area (TPSA) is 107 Å². The lowest BCUT2D eigenvalue weighted by atomic mass is 9.74. The van der Waals surface area contributed by atoms with E-state index in [0.29, 0.717) is 37.9 Å². The minimum atomic E-state index is -0.240. The van der Waals surface area contributed by atoms with E-state index in [-0.39, 0.29) is 23.7 Å². The lowest BCUT2D eigenvalue weighted by molar-refractivity contribution is -0.146. The maximum absolute atomic E-state index is 13.2. The zero-order chi connectivity index (χ0) is 22.9. The Morgan fingerprint density at radius 3 is 2.52 bits per heavy atom. The zero-order valence-electron chi connectivity index (χ0n) is 19.1. The van der Waals surface area contributed by atoms with Crippen LogP contribution in [0.5, 0.6) is 5.75 Å². The molecule has 176 valence electrons. The molecule has 2 bridgehead atoms. The molecule has 1 aromatic carbocycles. The summed E-state index contributed by atoms with van der Waals surface area (Å²) in [5.74, 6) is 1.22. The number of nitrogens with zero attached hydrogens (tertiary/aromatic N) is 5. The van der Waals surface area contributed by atoms with E-state index in [0.717, 1.165) is 49.5 Å². The van der Waals surface area contributed by atoms with Gasteiger partial charge in [0.2, 0.25) is 11.8 Å². The van der Waals surface area contributed by atoms with Crippen molar-refractivity contribution in [2.24, 2.45) is 23.5 Å². The van der Waals surface area contributed by atoms with Crippen molar-refractivity contribution < 1.29 is 14.3 Å². The lowest BCUT2D eigenvalue weighted by Gasteiger charge is -2.50. The van der Waals surface area contributed by atoms with Crippen LogP contribution in [0.3, 0.4) is 0 Å². The third-order valence-corrected chi connectivity index (χ3v) is 7.73. The molecule has 2 amide bonds. The number of carbonyl (C=O) groups is 2.